The van der Waals surface area contributed by atoms with Crippen LogP contribution in [0.2, 0.25) is 0 Å². The predicted octanol–water partition coefficient (Wildman–Crippen LogP) is 3.20. The summed E-state index contributed by atoms with van der Waals surface area (Å²) in [6.07, 6.45) is 0. The molecule has 0 bridgehead atoms. The molecule has 2 aromatic carbocycles. The fourth-order valence-electron chi connectivity index (χ4n) is 2.05. The maximum atomic E-state index is 11.9. The average molecular weight is 324 g/mol. The van der Waals surface area contributed by atoms with Gasteiger partial charge in [0.1, 0.15) is 0 Å². The van der Waals surface area contributed by atoms with Crippen molar-refractivity contribution >= 4 is 34.4 Å². The molecule has 0 fully saturated rings. The number of imidazole rings is 1. The molecule has 116 valence electrons. The van der Waals surface area contributed by atoms with E-state index in [4.69, 9.17) is 0 Å². The number of thioether (sulfide) groups is 1. The van der Waals surface area contributed by atoms with E-state index in [1.54, 1.807) is 0 Å². The van der Waals surface area contributed by atoms with Gasteiger partial charge in [-0.1, -0.05) is 54.2 Å². The van der Waals surface area contributed by atoms with E-state index < -0.39 is 0 Å². The Morgan fingerprint density at radius 3 is 2.70 bits per heavy atom. The first kappa shape index (κ1) is 15.3. The summed E-state index contributed by atoms with van der Waals surface area (Å²) in [4.78, 5) is 19.5. The molecular formula is C17H16N4OS. The second-order valence-electron chi connectivity index (χ2n) is 4.95. The van der Waals surface area contributed by atoms with Gasteiger partial charge >= 0.3 is 0 Å². The Labute approximate surface area is 138 Å². The Bertz CT molecular complexity index is 809. The summed E-state index contributed by atoms with van der Waals surface area (Å²) in [6.45, 7) is 1.86. The van der Waals surface area contributed by atoms with Crippen molar-refractivity contribution in [3.05, 3.63) is 60.2 Å². The van der Waals surface area contributed by atoms with E-state index in [9.17, 15) is 4.79 Å². The van der Waals surface area contributed by atoms with Gasteiger partial charge in [0, 0.05) is 0 Å². The summed E-state index contributed by atoms with van der Waals surface area (Å²) in [5.41, 5.74) is 6.19. The molecule has 0 aliphatic carbocycles. The van der Waals surface area contributed by atoms with Crippen molar-refractivity contribution in [2.45, 2.75) is 12.1 Å². The third-order valence-corrected chi connectivity index (χ3v) is 4.12. The van der Waals surface area contributed by atoms with Crippen LogP contribution in [0.4, 0.5) is 0 Å². The number of fused-ring (bicyclic) bond motifs is 1. The number of carbonyl (C=O) groups excluding carboxylic acids is 1. The van der Waals surface area contributed by atoms with Crippen molar-refractivity contribution in [2.75, 3.05) is 5.75 Å². The van der Waals surface area contributed by atoms with E-state index in [0.29, 0.717) is 0 Å². The highest BCUT2D eigenvalue weighted by Gasteiger charge is 2.06. The largest absolute Gasteiger partial charge is 0.333 e. The number of carbonyl (C=O) groups is 1. The van der Waals surface area contributed by atoms with E-state index in [1.165, 1.54) is 11.8 Å². The fourth-order valence-corrected chi connectivity index (χ4v) is 2.73. The Morgan fingerprint density at radius 2 is 1.91 bits per heavy atom. The number of rotatable bonds is 5. The van der Waals surface area contributed by atoms with Crippen LogP contribution in [0.5, 0.6) is 0 Å². The quantitative estimate of drug-likeness (QED) is 0.430. The number of amides is 1. The molecule has 5 nitrogen and oxygen atoms in total. The monoisotopic (exact) mass is 324 g/mol. The summed E-state index contributed by atoms with van der Waals surface area (Å²) >= 11 is 1.35. The van der Waals surface area contributed by atoms with Crippen molar-refractivity contribution in [2.24, 2.45) is 5.10 Å². The molecule has 0 saturated heterocycles. The van der Waals surface area contributed by atoms with Crippen molar-refractivity contribution in [1.29, 1.82) is 0 Å². The molecule has 1 amide bonds. The van der Waals surface area contributed by atoms with Gasteiger partial charge in [-0.3, -0.25) is 4.79 Å². The third-order valence-electron chi connectivity index (χ3n) is 3.25. The molecule has 1 heterocycles. The molecule has 23 heavy (non-hydrogen) atoms. The summed E-state index contributed by atoms with van der Waals surface area (Å²) in [5.74, 6) is 0.0940. The number of hydrogen-bond acceptors (Lipinski definition) is 4. The molecule has 0 aliphatic heterocycles. The number of H-pyrrole nitrogens is 1. The second-order valence-corrected chi connectivity index (χ2v) is 5.91. The van der Waals surface area contributed by atoms with Crippen molar-refractivity contribution in [3.8, 4) is 0 Å². The van der Waals surface area contributed by atoms with Crippen LogP contribution >= 0.6 is 11.8 Å². The van der Waals surface area contributed by atoms with Gasteiger partial charge in [-0.25, -0.2) is 10.4 Å². The highest BCUT2D eigenvalue weighted by molar-refractivity contribution is 7.99. The number of nitrogens with one attached hydrogen (secondary N) is 2. The Morgan fingerprint density at radius 1 is 1.17 bits per heavy atom. The number of aromatic amines is 1. The lowest BCUT2D eigenvalue weighted by Crippen LogP contribution is -2.21. The van der Waals surface area contributed by atoms with Gasteiger partial charge in [-0.15, -0.1) is 0 Å². The van der Waals surface area contributed by atoms with E-state index in [2.05, 4.69) is 20.5 Å². The van der Waals surface area contributed by atoms with Gasteiger partial charge in [0.15, 0.2) is 5.16 Å². The second kappa shape index (κ2) is 7.11. The highest BCUT2D eigenvalue weighted by atomic mass is 32.2. The van der Waals surface area contributed by atoms with Crippen LogP contribution in [-0.2, 0) is 4.79 Å². The molecule has 6 heteroatoms. The molecule has 1 aromatic heterocycles. The van der Waals surface area contributed by atoms with Gasteiger partial charge in [0.05, 0.1) is 22.5 Å². The standard InChI is InChI=1S/C17H16N4OS/c1-12(13-7-3-2-4-8-13)20-21-16(22)11-23-17-18-14-9-5-6-10-15(14)19-17/h2-10H,11H2,1H3,(H,18,19)(H,21,22)/b20-12+. The van der Waals surface area contributed by atoms with E-state index in [0.717, 1.165) is 27.5 Å². The van der Waals surface area contributed by atoms with Gasteiger partial charge < -0.3 is 4.98 Å². The number of para-hydroxylation sites is 2. The first-order valence-corrected chi connectivity index (χ1v) is 8.17. The fraction of sp³-hybridized carbons (Fsp3) is 0.118. The lowest BCUT2D eigenvalue weighted by Gasteiger charge is -2.02. The van der Waals surface area contributed by atoms with Crippen LogP contribution in [0.1, 0.15) is 12.5 Å². The Kier molecular flexibility index (Phi) is 4.73. The van der Waals surface area contributed by atoms with Crippen LogP contribution < -0.4 is 5.43 Å². The minimum Gasteiger partial charge on any atom is -0.333 e. The van der Waals surface area contributed by atoms with E-state index >= 15 is 0 Å². The van der Waals surface area contributed by atoms with Crippen LogP contribution in [-0.4, -0.2) is 27.3 Å². The van der Waals surface area contributed by atoms with Crippen LogP contribution in [0.15, 0.2) is 64.9 Å². The molecule has 0 aliphatic rings. The maximum Gasteiger partial charge on any atom is 0.250 e. The SMILES string of the molecule is C/C(=N\NC(=O)CSc1nc2ccccc2[nH]1)c1ccccc1. The molecule has 3 aromatic rings. The summed E-state index contributed by atoms with van der Waals surface area (Å²) < 4.78 is 0. The maximum absolute atomic E-state index is 11.9. The normalized spacial score (nSPS) is 11.6. The zero-order valence-corrected chi connectivity index (χ0v) is 13.4. The first-order valence-electron chi connectivity index (χ1n) is 7.18. The van der Waals surface area contributed by atoms with Crippen molar-refractivity contribution in [1.82, 2.24) is 15.4 Å². The molecule has 0 unspecified atom stereocenters. The van der Waals surface area contributed by atoms with Crippen LogP contribution in [0.25, 0.3) is 11.0 Å². The molecule has 3 rings (SSSR count). The Hall–Kier alpha value is -2.60. The van der Waals surface area contributed by atoms with Crippen molar-refractivity contribution < 1.29 is 4.79 Å². The lowest BCUT2D eigenvalue weighted by atomic mass is 10.1. The average Bonchev–Trinajstić information content (AvgIpc) is 3.01. The summed E-state index contributed by atoms with van der Waals surface area (Å²) in [5, 5.41) is 4.85. The number of nitrogens with zero attached hydrogens (tertiary/aromatic N) is 2. The molecular weight excluding hydrogens is 308 g/mol. The van der Waals surface area contributed by atoms with Gasteiger partial charge in [-0.2, -0.15) is 5.10 Å². The van der Waals surface area contributed by atoms with Gasteiger partial charge in [-0.05, 0) is 24.6 Å². The molecule has 0 spiro atoms. The predicted molar refractivity (Wildman–Crippen MR) is 93.6 cm³/mol. The smallest absolute Gasteiger partial charge is 0.250 e. The number of aromatic nitrogens is 2. The minimum absolute atomic E-state index is 0.161. The zero-order valence-electron chi connectivity index (χ0n) is 12.6. The Balaban J connectivity index is 1.55. The van der Waals surface area contributed by atoms with Crippen LogP contribution in [0.3, 0.4) is 0 Å². The van der Waals surface area contributed by atoms with E-state index in [-0.39, 0.29) is 11.7 Å². The van der Waals surface area contributed by atoms with Gasteiger partial charge in [0.2, 0.25) is 0 Å². The molecule has 2 N–H and O–H groups in total. The van der Waals surface area contributed by atoms with Crippen LogP contribution in [0, 0.1) is 0 Å². The zero-order chi connectivity index (χ0) is 16.1. The summed E-state index contributed by atoms with van der Waals surface area (Å²) in [6, 6.07) is 17.5. The van der Waals surface area contributed by atoms with Gasteiger partial charge in [0.25, 0.3) is 5.91 Å². The molecule has 0 atom stereocenters. The first-order chi connectivity index (χ1) is 11.2. The highest BCUT2D eigenvalue weighted by Crippen LogP contribution is 2.18. The molecule has 0 radical (unpaired) electrons. The topological polar surface area (TPSA) is 70.1 Å². The number of benzene rings is 2. The molecule has 0 saturated carbocycles. The van der Waals surface area contributed by atoms with E-state index in [1.807, 2.05) is 61.5 Å². The van der Waals surface area contributed by atoms with Crippen molar-refractivity contribution in [3.63, 3.8) is 0 Å². The number of hydrazone groups is 1. The summed E-state index contributed by atoms with van der Waals surface area (Å²) in [7, 11) is 0. The minimum atomic E-state index is -0.161. The third kappa shape index (κ3) is 3.98. The number of hydrogen-bond donors (Lipinski definition) is 2. The lowest BCUT2D eigenvalue weighted by molar-refractivity contribution is -0.118.